The molecule has 0 amide bonds. The summed E-state index contributed by atoms with van der Waals surface area (Å²) in [6, 6.07) is 11.5. The van der Waals surface area contributed by atoms with Crippen molar-refractivity contribution >= 4 is 0 Å². The summed E-state index contributed by atoms with van der Waals surface area (Å²) in [6.45, 7) is 3.29. The van der Waals surface area contributed by atoms with Crippen molar-refractivity contribution in [3.8, 4) is 0 Å². The minimum atomic E-state index is 0.408. The first-order chi connectivity index (χ1) is 10.3. The van der Waals surface area contributed by atoms with Crippen LogP contribution in [0.1, 0.15) is 42.6 Å². The van der Waals surface area contributed by atoms with Crippen molar-refractivity contribution in [2.24, 2.45) is 13.0 Å². The molecule has 2 atom stereocenters. The van der Waals surface area contributed by atoms with Gasteiger partial charge in [0.15, 0.2) is 0 Å². The Morgan fingerprint density at radius 2 is 2.10 bits per heavy atom. The second kappa shape index (κ2) is 6.44. The van der Waals surface area contributed by atoms with Crippen molar-refractivity contribution in [1.29, 1.82) is 0 Å². The molecule has 0 saturated carbocycles. The van der Waals surface area contributed by atoms with Crippen molar-refractivity contribution in [2.75, 3.05) is 6.54 Å². The predicted octanol–water partition coefficient (Wildman–Crippen LogP) is 3.27. The lowest BCUT2D eigenvalue weighted by Gasteiger charge is -2.32. The van der Waals surface area contributed by atoms with Crippen LogP contribution in [0.25, 0.3) is 0 Å². The Hall–Kier alpha value is -1.61. The van der Waals surface area contributed by atoms with Gasteiger partial charge in [0.1, 0.15) is 0 Å². The summed E-state index contributed by atoms with van der Waals surface area (Å²) in [4.78, 5) is 0. The number of aromatic nitrogens is 2. The molecule has 112 valence electrons. The van der Waals surface area contributed by atoms with Crippen LogP contribution in [0.5, 0.6) is 0 Å². The van der Waals surface area contributed by atoms with Crippen LogP contribution in [0.3, 0.4) is 0 Å². The molecule has 0 spiro atoms. The average Bonchev–Trinajstić information content (AvgIpc) is 2.94. The highest BCUT2D eigenvalue weighted by Crippen LogP contribution is 2.34. The zero-order chi connectivity index (χ0) is 14.7. The maximum Gasteiger partial charge on any atom is 0.0553 e. The number of rotatable bonds is 5. The molecule has 3 heteroatoms. The summed E-state index contributed by atoms with van der Waals surface area (Å²) < 4.78 is 2.02. The van der Waals surface area contributed by atoms with Gasteiger partial charge in [-0.05, 0) is 55.3 Å². The van der Waals surface area contributed by atoms with Crippen LogP contribution in [0.15, 0.2) is 36.5 Å². The quantitative estimate of drug-likeness (QED) is 0.912. The molecule has 21 heavy (non-hydrogen) atoms. The Labute approximate surface area is 127 Å². The van der Waals surface area contributed by atoms with E-state index in [0.717, 1.165) is 13.0 Å². The van der Waals surface area contributed by atoms with E-state index in [0.29, 0.717) is 12.0 Å². The van der Waals surface area contributed by atoms with Crippen LogP contribution in [0, 0.1) is 5.92 Å². The second-order valence-electron chi connectivity index (χ2n) is 6.08. The summed E-state index contributed by atoms with van der Waals surface area (Å²) in [5, 5.41) is 8.11. The SMILES string of the molecule is CCCNC(c1ccnn1C)C1CCc2ccccc2C1. The van der Waals surface area contributed by atoms with E-state index in [-0.39, 0.29) is 0 Å². The molecule has 2 unspecified atom stereocenters. The molecular weight excluding hydrogens is 258 g/mol. The zero-order valence-electron chi connectivity index (χ0n) is 13.0. The van der Waals surface area contributed by atoms with Crippen molar-refractivity contribution in [3.05, 3.63) is 53.3 Å². The first-order valence-electron chi connectivity index (χ1n) is 8.07. The van der Waals surface area contributed by atoms with Gasteiger partial charge in [0, 0.05) is 13.2 Å². The largest absolute Gasteiger partial charge is 0.308 e. The average molecular weight is 283 g/mol. The van der Waals surface area contributed by atoms with Gasteiger partial charge in [-0.3, -0.25) is 4.68 Å². The highest BCUT2D eigenvalue weighted by atomic mass is 15.3. The monoisotopic (exact) mass is 283 g/mol. The summed E-state index contributed by atoms with van der Waals surface area (Å²) >= 11 is 0. The molecule has 3 nitrogen and oxygen atoms in total. The highest BCUT2D eigenvalue weighted by Gasteiger charge is 2.28. The molecule has 1 heterocycles. The van der Waals surface area contributed by atoms with Crippen LogP contribution >= 0.6 is 0 Å². The molecule has 1 aromatic heterocycles. The molecule has 1 aromatic carbocycles. The fraction of sp³-hybridized carbons (Fsp3) is 0.500. The van der Waals surface area contributed by atoms with Gasteiger partial charge in [-0.15, -0.1) is 0 Å². The lowest BCUT2D eigenvalue weighted by atomic mass is 9.79. The van der Waals surface area contributed by atoms with Gasteiger partial charge in [-0.2, -0.15) is 5.10 Å². The maximum atomic E-state index is 4.36. The number of fused-ring (bicyclic) bond motifs is 1. The van der Waals surface area contributed by atoms with Crippen LogP contribution in [0.2, 0.25) is 0 Å². The van der Waals surface area contributed by atoms with E-state index in [4.69, 9.17) is 0 Å². The van der Waals surface area contributed by atoms with Crippen molar-refractivity contribution in [3.63, 3.8) is 0 Å². The summed E-state index contributed by atoms with van der Waals surface area (Å²) in [5.74, 6) is 0.654. The summed E-state index contributed by atoms with van der Waals surface area (Å²) in [6.07, 6.45) is 6.69. The van der Waals surface area contributed by atoms with Crippen molar-refractivity contribution in [2.45, 2.75) is 38.6 Å². The van der Waals surface area contributed by atoms with Crippen LogP contribution in [0.4, 0.5) is 0 Å². The number of hydrogen-bond acceptors (Lipinski definition) is 2. The van der Waals surface area contributed by atoms with E-state index in [1.807, 2.05) is 17.9 Å². The molecule has 1 aliphatic rings. The van der Waals surface area contributed by atoms with E-state index >= 15 is 0 Å². The number of aryl methyl sites for hydroxylation is 2. The molecule has 0 radical (unpaired) electrons. The van der Waals surface area contributed by atoms with E-state index < -0.39 is 0 Å². The van der Waals surface area contributed by atoms with Crippen LogP contribution in [-0.2, 0) is 19.9 Å². The first kappa shape index (κ1) is 14.3. The minimum Gasteiger partial charge on any atom is -0.308 e. The lowest BCUT2D eigenvalue weighted by molar-refractivity contribution is 0.313. The molecule has 0 bridgehead atoms. The molecule has 0 aliphatic heterocycles. The Morgan fingerprint density at radius 3 is 2.81 bits per heavy atom. The van der Waals surface area contributed by atoms with Gasteiger partial charge in [-0.1, -0.05) is 31.2 Å². The lowest BCUT2D eigenvalue weighted by Crippen LogP contribution is -2.33. The van der Waals surface area contributed by atoms with Crippen molar-refractivity contribution < 1.29 is 0 Å². The van der Waals surface area contributed by atoms with Gasteiger partial charge in [0.25, 0.3) is 0 Å². The van der Waals surface area contributed by atoms with Gasteiger partial charge in [-0.25, -0.2) is 0 Å². The Kier molecular flexibility index (Phi) is 4.39. The third-order valence-electron chi connectivity index (χ3n) is 4.65. The topological polar surface area (TPSA) is 29.9 Å². The molecule has 3 rings (SSSR count). The number of hydrogen-bond donors (Lipinski definition) is 1. The standard InChI is InChI=1S/C18H25N3/c1-3-11-19-18(17-10-12-20-21(17)2)16-9-8-14-6-4-5-7-15(14)13-16/h4-7,10,12,16,18-19H,3,8-9,11,13H2,1-2H3. The van der Waals surface area contributed by atoms with E-state index in [1.54, 1.807) is 0 Å². The van der Waals surface area contributed by atoms with Crippen molar-refractivity contribution in [1.82, 2.24) is 15.1 Å². The van der Waals surface area contributed by atoms with Gasteiger partial charge < -0.3 is 5.32 Å². The van der Waals surface area contributed by atoms with Gasteiger partial charge >= 0.3 is 0 Å². The highest BCUT2D eigenvalue weighted by molar-refractivity contribution is 5.30. The minimum absolute atomic E-state index is 0.408. The number of benzene rings is 1. The normalized spacial score (nSPS) is 19.2. The van der Waals surface area contributed by atoms with E-state index in [9.17, 15) is 0 Å². The van der Waals surface area contributed by atoms with E-state index in [2.05, 4.69) is 47.7 Å². The fourth-order valence-electron chi connectivity index (χ4n) is 3.51. The Balaban J connectivity index is 1.83. The van der Waals surface area contributed by atoms with Gasteiger partial charge in [0.05, 0.1) is 11.7 Å². The summed E-state index contributed by atoms with van der Waals surface area (Å²) in [5.41, 5.74) is 4.38. The molecule has 2 aromatic rings. The first-order valence-corrected chi connectivity index (χ1v) is 8.07. The Bertz CT molecular complexity index is 588. The molecular formula is C18H25N3. The fourth-order valence-corrected chi connectivity index (χ4v) is 3.51. The number of nitrogens with zero attached hydrogens (tertiary/aromatic N) is 2. The predicted molar refractivity (Wildman–Crippen MR) is 86.2 cm³/mol. The van der Waals surface area contributed by atoms with E-state index in [1.165, 1.54) is 36.1 Å². The Morgan fingerprint density at radius 1 is 1.29 bits per heavy atom. The zero-order valence-corrected chi connectivity index (χ0v) is 13.0. The van der Waals surface area contributed by atoms with Crippen LogP contribution < -0.4 is 5.32 Å². The smallest absolute Gasteiger partial charge is 0.0553 e. The maximum absolute atomic E-state index is 4.36. The third kappa shape index (κ3) is 3.03. The third-order valence-corrected chi connectivity index (χ3v) is 4.65. The molecule has 1 N–H and O–H groups in total. The van der Waals surface area contributed by atoms with Crippen LogP contribution in [-0.4, -0.2) is 16.3 Å². The second-order valence-corrected chi connectivity index (χ2v) is 6.08. The van der Waals surface area contributed by atoms with Gasteiger partial charge in [0.2, 0.25) is 0 Å². The summed E-state index contributed by atoms with van der Waals surface area (Å²) in [7, 11) is 2.05. The molecule has 1 aliphatic carbocycles. The molecule has 0 fully saturated rings. The number of nitrogens with one attached hydrogen (secondary N) is 1. The molecule has 0 saturated heterocycles.